The summed E-state index contributed by atoms with van der Waals surface area (Å²) < 4.78 is 44.9. The van der Waals surface area contributed by atoms with Crippen LogP contribution in [0.1, 0.15) is 39.0 Å². The molecule has 0 radical (unpaired) electrons. The molecule has 0 aromatic rings. The van der Waals surface area contributed by atoms with Crippen LogP contribution in [0.4, 0.5) is 13.2 Å². The molecule has 0 unspecified atom stereocenters. The second-order valence-electron chi connectivity index (χ2n) is 6.34. The number of alkyl halides is 3. The zero-order valence-corrected chi connectivity index (χ0v) is 13.2. The van der Waals surface area contributed by atoms with Gasteiger partial charge in [-0.15, -0.1) is 0 Å². The molecule has 2 heterocycles. The smallest absolute Gasteiger partial charge is 0.381 e. The van der Waals surface area contributed by atoms with Crippen molar-refractivity contribution in [2.75, 3.05) is 19.8 Å². The highest BCUT2D eigenvalue weighted by Crippen LogP contribution is 2.33. The van der Waals surface area contributed by atoms with Crippen LogP contribution in [-0.4, -0.2) is 54.7 Å². The Balaban J connectivity index is 2.03. The summed E-state index contributed by atoms with van der Waals surface area (Å²) in [6.07, 6.45) is -2.87. The van der Waals surface area contributed by atoms with E-state index in [1.165, 1.54) is 6.92 Å². The summed E-state index contributed by atoms with van der Waals surface area (Å²) in [4.78, 5) is 24.5. The summed E-state index contributed by atoms with van der Waals surface area (Å²) in [6.45, 7) is 2.35. The molecule has 23 heavy (non-hydrogen) atoms. The van der Waals surface area contributed by atoms with Gasteiger partial charge in [-0.25, -0.2) is 0 Å². The molecule has 2 aliphatic heterocycles. The lowest BCUT2D eigenvalue weighted by Gasteiger charge is -2.41. The Morgan fingerprint density at radius 3 is 2.39 bits per heavy atom. The first-order valence-electron chi connectivity index (χ1n) is 7.98. The Morgan fingerprint density at radius 2 is 1.83 bits per heavy atom. The average molecular weight is 336 g/mol. The van der Waals surface area contributed by atoms with Crippen molar-refractivity contribution in [1.29, 1.82) is 0 Å². The van der Waals surface area contributed by atoms with E-state index in [1.54, 1.807) is 0 Å². The van der Waals surface area contributed by atoms with E-state index in [0.717, 1.165) is 4.90 Å². The molecule has 0 aromatic heterocycles. The number of rotatable bonds is 3. The summed E-state index contributed by atoms with van der Waals surface area (Å²) in [5.41, 5.74) is 0. The lowest BCUT2D eigenvalue weighted by molar-refractivity contribution is -0.198. The molecule has 0 bridgehead atoms. The van der Waals surface area contributed by atoms with E-state index in [1.807, 2.05) is 0 Å². The van der Waals surface area contributed by atoms with E-state index >= 15 is 0 Å². The molecule has 0 spiro atoms. The predicted molar refractivity (Wildman–Crippen MR) is 76.6 cm³/mol. The largest absolute Gasteiger partial charge is 0.408 e. The summed E-state index contributed by atoms with van der Waals surface area (Å²) in [6, 6.07) is -2.16. The van der Waals surface area contributed by atoms with Crippen molar-refractivity contribution in [1.82, 2.24) is 10.2 Å². The topological polar surface area (TPSA) is 58.6 Å². The van der Waals surface area contributed by atoms with Crippen molar-refractivity contribution < 1.29 is 27.5 Å². The maximum absolute atomic E-state index is 13.2. The van der Waals surface area contributed by atoms with Gasteiger partial charge in [0.05, 0.1) is 0 Å². The van der Waals surface area contributed by atoms with Gasteiger partial charge in [0.25, 0.3) is 0 Å². The van der Waals surface area contributed by atoms with Crippen LogP contribution in [0.25, 0.3) is 0 Å². The van der Waals surface area contributed by atoms with Crippen molar-refractivity contribution in [3.05, 3.63) is 0 Å². The minimum absolute atomic E-state index is 0.0753. The summed E-state index contributed by atoms with van der Waals surface area (Å²) in [5.74, 6) is -0.696. The van der Waals surface area contributed by atoms with Crippen molar-refractivity contribution in [3.8, 4) is 0 Å². The molecule has 1 N–H and O–H groups in total. The van der Waals surface area contributed by atoms with Crippen LogP contribution in [0.15, 0.2) is 0 Å². The predicted octanol–water partition coefficient (Wildman–Crippen LogP) is 1.86. The number of ether oxygens (including phenoxy) is 1. The van der Waals surface area contributed by atoms with E-state index in [9.17, 15) is 22.8 Å². The van der Waals surface area contributed by atoms with Gasteiger partial charge in [0.1, 0.15) is 6.04 Å². The highest BCUT2D eigenvalue weighted by atomic mass is 19.4. The van der Waals surface area contributed by atoms with E-state index in [2.05, 4.69) is 5.32 Å². The van der Waals surface area contributed by atoms with Gasteiger partial charge in [-0.05, 0) is 31.6 Å². The Morgan fingerprint density at radius 1 is 1.17 bits per heavy atom. The van der Waals surface area contributed by atoms with Gasteiger partial charge in [-0.1, -0.05) is 0 Å². The van der Waals surface area contributed by atoms with Crippen LogP contribution in [0.3, 0.4) is 0 Å². The molecule has 2 saturated heterocycles. The molecule has 8 heteroatoms. The number of nitrogens with one attached hydrogen (secondary N) is 1. The number of nitrogens with zero attached hydrogens (tertiary/aromatic N) is 1. The van der Waals surface area contributed by atoms with Crippen LogP contribution >= 0.6 is 0 Å². The van der Waals surface area contributed by atoms with Crippen molar-refractivity contribution in [2.24, 2.45) is 5.92 Å². The number of hydrogen-bond acceptors (Lipinski definition) is 3. The molecular formula is C15H23F3N2O3. The second kappa shape index (κ2) is 7.51. The summed E-state index contributed by atoms with van der Waals surface area (Å²) >= 11 is 0. The fraction of sp³-hybridized carbons (Fsp3) is 0.867. The summed E-state index contributed by atoms with van der Waals surface area (Å²) in [5, 5.41) is 2.62. The molecule has 2 aliphatic rings. The lowest BCUT2D eigenvalue weighted by atomic mass is 9.93. The fourth-order valence-corrected chi connectivity index (χ4v) is 3.31. The van der Waals surface area contributed by atoms with Crippen LogP contribution < -0.4 is 5.32 Å². The Kier molecular flexibility index (Phi) is 5.89. The van der Waals surface area contributed by atoms with Gasteiger partial charge in [0.15, 0.2) is 0 Å². The molecule has 0 aromatic carbocycles. The molecular weight excluding hydrogens is 313 g/mol. The average Bonchev–Trinajstić information content (AvgIpc) is 2.46. The molecule has 5 nitrogen and oxygen atoms in total. The number of halogens is 3. The van der Waals surface area contributed by atoms with Crippen molar-refractivity contribution >= 4 is 11.8 Å². The number of amides is 2. The molecule has 2 fully saturated rings. The van der Waals surface area contributed by atoms with Gasteiger partial charge in [0, 0.05) is 39.1 Å². The van der Waals surface area contributed by atoms with Crippen LogP contribution in [0.2, 0.25) is 0 Å². The quantitative estimate of drug-likeness (QED) is 0.856. The van der Waals surface area contributed by atoms with Gasteiger partial charge < -0.3 is 15.0 Å². The maximum atomic E-state index is 13.2. The van der Waals surface area contributed by atoms with E-state index in [4.69, 9.17) is 4.74 Å². The number of hydrogen-bond donors (Lipinski definition) is 1. The highest BCUT2D eigenvalue weighted by Gasteiger charge is 2.48. The van der Waals surface area contributed by atoms with Gasteiger partial charge >= 0.3 is 6.18 Å². The molecule has 132 valence electrons. The highest BCUT2D eigenvalue weighted by molar-refractivity contribution is 5.77. The Labute approximate surface area is 133 Å². The first kappa shape index (κ1) is 18.0. The monoisotopic (exact) mass is 336 g/mol. The maximum Gasteiger partial charge on any atom is 0.408 e. The molecule has 2 atom stereocenters. The van der Waals surface area contributed by atoms with E-state index < -0.39 is 24.2 Å². The SMILES string of the molecule is CC(=O)N[C@H]1CC[C@@H](C(F)(F)F)N(C(=O)CC2CCOCC2)C1. The number of piperidine rings is 1. The standard InChI is InChI=1S/C15H23F3N2O3/c1-10(21)19-12-2-3-13(15(16,17)18)20(9-12)14(22)8-11-4-6-23-7-5-11/h11-13H,2-9H2,1H3,(H,19,21)/t12-,13-/m0/s1. The minimum atomic E-state index is -4.44. The second-order valence-corrected chi connectivity index (χ2v) is 6.34. The van der Waals surface area contributed by atoms with E-state index in [0.29, 0.717) is 26.1 Å². The number of carbonyl (C=O) groups excluding carboxylic acids is 2. The third-order valence-electron chi connectivity index (χ3n) is 4.49. The van der Waals surface area contributed by atoms with E-state index in [-0.39, 0.29) is 37.6 Å². The zero-order chi connectivity index (χ0) is 17.0. The van der Waals surface area contributed by atoms with Crippen molar-refractivity contribution in [2.45, 2.75) is 57.3 Å². The molecule has 2 rings (SSSR count). The Hall–Kier alpha value is -1.31. The third-order valence-corrected chi connectivity index (χ3v) is 4.49. The molecule has 0 aliphatic carbocycles. The van der Waals surface area contributed by atoms with Gasteiger partial charge in [-0.3, -0.25) is 9.59 Å². The first-order valence-corrected chi connectivity index (χ1v) is 7.98. The molecule has 0 saturated carbocycles. The third kappa shape index (κ3) is 5.09. The first-order chi connectivity index (χ1) is 10.8. The van der Waals surface area contributed by atoms with Crippen LogP contribution in [0, 0.1) is 5.92 Å². The minimum Gasteiger partial charge on any atom is -0.381 e. The molecule has 2 amide bonds. The lowest BCUT2D eigenvalue weighted by Crippen LogP contribution is -2.58. The summed E-state index contributed by atoms with van der Waals surface area (Å²) in [7, 11) is 0. The Bertz CT molecular complexity index is 436. The number of carbonyl (C=O) groups is 2. The number of likely N-dealkylation sites (tertiary alicyclic amines) is 1. The normalized spacial score (nSPS) is 26.9. The van der Waals surface area contributed by atoms with Crippen LogP contribution in [-0.2, 0) is 14.3 Å². The van der Waals surface area contributed by atoms with Crippen molar-refractivity contribution in [3.63, 3.8) is 0 Å². The van der Waals surface area contributed by atoms with Crippen LogP contribution in [0.5, 0.6) is 0 Å². The van der Waals surface area contributed by atoms with Gasteiger partial charge in [-0.2, -0.15) is 13.2 Å². The zero-order valence-electron chi connectivity index (χ0n) is 13.2. The van der Waals surface area contributed by atoms with Gasteiger partial charge in [0.2, 0.25) is 11.8 Å². The fourth-order valence-electron chi connectivity index (χ4n) is 3.31.